The van der Waals surface area contributed by atoms with Crippen LogP contribution in [0.2, 0.25) is 0 Å². The third kappa shape index (κ3) is 4.16. The van der Waals surface area contributed by atoms with Gasteiger partial charge in [0.2, 0.25) is 10.0 Å². The van der Waals surface area contributed by atoms with Crippen LogP contribution in [0.3, 0.4) is 0 Å². The van der Waals surface area contributed by atoms with E-state index in [-0.39, 0.29) is 17.1 Å². The minimum Gasteiger partial charge on any atom is -0.490 e. The molecule has 1 heterocycles. The van der Waals surface area contributed by atoms with E-state index < -0.39 is 10.0 Å². The van der Waals surface area contributed by atoms with Crippen molar-refractivity contribution in [3.05, 3.63) is 18.2 Å². The predicted octanol–water partition coefficient (Wildman–Crippen LogP) is 2.28. The Labute approximate surface area is 138 Å². The highest BCUT2D eigenvalue weighted by molar-refractivity contribution is 7.89. The van der Waals surface area contributed by atoms with Crippen LogP contribution >= 0.6 is 0 Å². The van der Waals surface area contributed by atoms with Crippen molar-refractivity contribution in [1.29, 1.82) is 0 Å². The van der Waals surface area contributed by atoms with Gasteiger partial charge in [0.25, 0.3) is 0 Å². The minimum atomic E-state index is -3.58. The standard InChI is InChI=1S/C16H25NO5S/c1-5-20-15-8-7-14(9-16(15)21-6-2)23(18,19)17-10-12(3)22-13(4)11-17/h7-9,12-13H,5-6,10-11H2,1-4H3/t12-,13+. The number of sulfonamides is 1. The molecule has 1 saturated heterocycles. The van der Waals surface area contributed by atoms with E-state index >= 15 is 0 Å². The molecule has 2 rings (SSSR count). The molecule has 0 aromatic heterocycles. The molecule has 0 spiro atoms. The molecule has 1 aliphatic rings. The Bertz CT molecular complexity index is 621. The summed E-state index contributed by atoms with van der Waals surface area (Å²) < 4.78 is 43.8. The number of benzene rings is 1. The highest BCUT2D eigenvalue weighted by atomic mass is 32.2. The van der Waals surface area contributed by atoms with Gasteiger partial charge in [0.05, 0.1) is 30.3 Å². The lowest BCUT2D eigenvalue weighted by Gasteiger charge is -2.34. The summed E-state index contributed by atoms with van der Waals surface area (Å²) >= 11 is 0. The van der Waals surface area contributed by atoms with Gasteiger partial charge in [0, 0.05) is 19.2 Å². The number of nitrogens with zero attached hydrogens (tertiary/aromatic N) is 1. The SMILES string of the molecule is CCOc1ccc(S(=O)(=O)N2C[C@@H](C)O[C@@H](C)C2)cc1OCC. The van der Waals surface area contributed by atoms with Crippen molar-refractivity contribution >= 4 is 10.0 Å². The summed E-state index contributed by atoms with van der Waals surface area (Å²) in [7, 11) is -3.58. The second-order valence-corrected chi connectivity index (χ2v) is 7.49. The van der Waals surface area contributed by atoms with E-state index in [1.54, 1.807) is 12.1 Å². The summed E-state index contributed by atoms with van der Waals surface area (Å²) in [6.45, 7) is 9.11. The van der Waals surface area contributed by atoms with Gasteiger partial charge in [-0.1, -0.05) is 0 Å². The molecule has 0 unspecified atom stereocenters. The zero-order chi connectivity index (χ0) is 17.0. The van der Waals surface area contributed by atoms with E-state index in [1.807, 2.05) is 27.7 Å². The largest absolute Gasteiger partial charge is 0.490 e. The van der Waals surface area contributed by atoms with Crippen molar-refractivity contribution in [2.75, 3.05) is 26.3 Å². The monoisotopic (exact) mass is 343 g/mol. The molecule has 0 radical (unpaired) electrons. The smallest absolute Gasteiger partial charge is 0.243 e. The summed E-state index contributed by atoms with van der Waals surface area (Å²) in [6, 6.07) is 4.75. The van der Waals surface area contributed by atoms with Crippen molar-refractivity contribution in [3.8, 4) is 11.5 Å². The van der Waals surface area contributed by atoms with Gasteiger partial charge >= 0.3 is 0 Å². The number of ether oxygens (including phenoxy) is 3. The van der Waals surface area contributed by atoms with Crippen molar-refractivity contribution in [2.24, 2.45) is 0 Å². The van der Waals surface area contributed by atoms with Crippen LogP contribution < -0.4 is 9.47 Å². The van der Waals surface area contributed by atoms with Crippen molar-refractivity contribution in [2.45, 2.75) is 44.8 Å². The molecule has 23 heavy (non-hydrogen) atoms. The molecule has 0 N–H and O–H groups in total. The van der Waals surface area contributed by atoms with E-state index in [1.165, 1.54) is 10.4 Å². The third-order valence-corrected chi connectivity index (χ3v) is 5.37. The lowest BCUT2D eigenvalue weighted by Crippen LogP contribution is -2.48. The highest BCUT2D eigenvalue weighted by Crippen LogP contribution is 2.32. The maximum atomic E-state index is 12.9. The van der Waals surface area contributed by atoms with Gasteiger partial charge in [-0.2, -0.15) is 4.31 Å². The average Bonchev–Trinajstić information content (AvgIpc) is 2.48. The van der Waals surface area contributed by atoms with Crippen LogP contribution in [-0.4, -0.2) is 51.2 Å². The normalized spacial score (nSPS) is 22.8. The van der Waals surface area contributed by atoms with Gasteiger partial charge in [-0.25, -0.2) is 8.42 Å². The summed E-state index contributed by atoms with van der Waals surface area (Å²) in [5.41, 5.74) is 0. The lowest BCUT2D eigenvalue weighted by atomic mass is 10.3. The molecule has 2 atom stereocenters. The van der Waals surface area contributed by atoms with Crippen LogP contribution in [0, 0.1) is 0 Å². The fourth-order valence-electron chi connectivity index (χ4n) is 2.67. The Kier molecular flexibility index (Phi) is 5.89. The third-order valence-electron chi connectivity index (χ3n) is 3.54. The molecule has 1 aliphatic heterocycles. The molecule has 1 aromatic rings. The van der Waals surface area contributed by atoms with Crippen molar-refractivity contribution < 1.29 is 22.6 Å². The van der Waals surface area contributed by atoms with Crippen LogP contribution in [0.15, 0.2) is 23.1 Å². The predicted molar refractivity (Wildman–Crippen MR) is 87.5 cm³/mol. The Balaban J connectivity index is 2.33. The number of morpholine rings is 1. The Morgan fingerprint density at radius 1 is 1.09 bits per heavy atom. The van der Waals surface area contributed by atoms with Crippen LogP contribution in [0.25, 0.3) is 0 Å². The second-order valence-electron chi connectivity index (χ2n) is 5.55. The first-order chi connectivity index (χ1) is 10.9. The van der Waals surface area contributed by atoms with Crippen LogP contribution in [0.4, 0.5) is 0 Å². The number of hydrogen-bond donors (Lipinski definition) is 0. The highest BCUT2D eigenvalue weighted by Gasteiger charge is 2.32. The maximum absolute atomic E-state index is 12.9. The topological polar surface area (TPSA) is 65.1 Å². The second kappa shape index (κ2) is 7.51. The number of hydrogen-bond acceptors (Lipinski definition) is 5. The minimum absolute atomic E-state index is 0.123. The van der Waals surface area contributed by atoms with E-state index in [4.69, 9.17) is 14.2 Å². The van der Waals surface area contributed by atoms with E-state index in [9.17, 15) is 8.42 Å². The Hall–Kier alpha value is -1.31. The first-order valence-electron chi connectivity index (χ1n) is 7.93. The van der Waals surface area contributed by atoms with Gasteiger partial charge in [0.15, 0.2) is 11.5 Å². The van der Waals surface area contributed by atoms with Gasteiger partial charge in [0.1, 0.15) is 0 Å². The molecule has 130 valence electrons. The zero-order valence-corrected chi connectivity index (χ0v) is 14.9. The van der Waals surface area contributed by atoms with Gasteiger partial charge in [-0.05, 0) is 39.8 Å². The van der Waals surface area contributed by atoms with Crippen molar-refractivity contribution in [3.63, 3.8) is 0 Å². The molecule has 6 nitrogen and oxygen atoms in total. The van der Waals surface area contributed by atoms with Crippen LogP contribution in [0.5, 0.6) is 11.5 Å². The molecule has 0 saturated carbocycles. The fraction of sp³-hybridized carbons (Fsp3) is 0.625. The molecular weight excluding hydrogens is 318 g/mol. The lowest BCUT2D eigenvalue weighted by molar-refractivity contribution is -0.0440. The summed E-state index contributed by atoms with van der Waals surface area (Å²) in [4.78, 5) is 0.214. The zero-order valence-electron chi connectivity index (χ0n) is 14.1. The molecule has 1 aromatic carbocycles. The summed E-state index contributed by atoms with van der Waals surface area (Å²) in [5, 5.41) is 0. The molecule has 1 fully saturated rings. The summed E-state index contributed by atoms with van der Waals surface area (Å²) in [6.07, 6.45) is -0.245. The first-order valence-corrected chi connectivity index (χ1v) is 9.37. The average molecular weight is 343 g/mol. The van der Waals surface area contributed by atoms with Crippen molar-refractivity contribution in [1.82, 2.24) is 4.31 Å². The van der Waals surface area contributed by atoms with E-state index in [0.717, 1.165) is 0 Å². The van der Waals surface area contributed by atoms with Gasteiger partial charge in [-0.15, -0.1) is 0 Å². The molecule has 0 aliphatic carbocycles. The molecule has 0 amide bonds. The van der Waals surface area contributed by atoms with Gasteiger partial charge in [-0.3, -0.25) is 0 Å². The first kappa shape index (κ1) is 18.0. The fourth-order valence-corrected chi connectivity index (χ4v) is 4.27. The van der Waals surface area contributed by atoms with E-state index in [2.05, 4.69) is 0 Å². The molecule has 7 heteroatoms. The Morgan fingerprint density at radius 3 is 2.22 bits per heavy atom. The summed E-state index contributed by atoms with van der Waals surface area (Å²) in [5.74, 6) is 1.00. The quantitative estimate of drug-likeness (QED) is 0.793. The van der Waals surface area contributed by atoms with Gasteiger partial charge < -0.3 is 14.2 Å². The maximum Gasteiger partial charge on any atom is 0.243 e. The molecule has 0 bridgehead atoms. The molecular formula is C16H25NO5S. The van der Waals surface area contributed by atoms with E-state index in [0.29, 0.717) is 37.8 Å². The number of rotatable bonds is 6. The van der Waals surface area contributed by atoms with Crippen LogP contribution in [0.1, 0.15) is 27.7 Å². The Morgan fingerprint density at radius 2 is 1.65 bits per heavy atom. The van der Waals surface area contributed by atoms with Crippen LogP contribution in [-0.2, 0) is 14.8 Å².